The van der Waals surface area contributed by atoms with Crippen molar-refractivity contribution in [2.24, 2.45) is 11.8 Å². The van der Waals surface area contributed by atoms with Gasteiger partial charge in [0.25, 0.3) is 0 Å². The predicted octanol–water partition coefficient (Wildman–Crippen LogP) is 10.6. The Hall–Kier alpha value is -2.09. The fourth-order valence-corrected chi connectivity index (χ4v) is 6.00. The minimum atomic E-state index is -0.113. The molecule has 1 aliphatic carbocycles. The van der Waals surface area contributed by atoms with Gasteiger partial charge in [-0.05, 0) is 84.9 Å². The topological polar surface area (TPSA) is 26.3 Å². The van der Waals surface area contributed by atoms with Crippen molar-refractivity contribution in [3.8, 4) is 16.9 Å². The Morgan fingerprint density at radius 3 is 1.97 bits per heavy atom. The largest absolute Gasteiger partial charge is 0.426 e. The molecule has 0 radical (unpaired) electrons. The van der Waals surface area contributed by atoms with Gasteiger partial charge in [-0.3, -0.25) is 4.79 Å². The van der Waals surface area contributed by atoms with Crippen LogP contribution in [0.25, 0.3) is 11.1 Å². The number of unbranched alkanes of at least 4 members (excludes halogenated alkanes) is 6. The average Bonchev–Trinajstić information content (AvgIpc) is 2.90. The molecule has 0 atom stereocenters. The van der Waals surface area contributed by atoms with Gasteiger partial charge in [0.15, 0.2) is 0 Å². The van der Waals surface area contributed by atoms with Gasteiger partial charge in [-0.25, -0.2) is 0 Å². The molecule has 2 heteroatoms. The summed E-state index contributed by atoms with van der Waals surface area (Å²) in [4.78, 5) is 12.3. The molecule has 1 saturated carbocycles. The third-order valence-corrected chi connectivity index (χ3v) is 8.56. The first-order valence-electron chi connectivity index (χ1n) is 15.4. The van der Waals surface area contributed by atoms with E-state index < -0.39 is 0 Å². The number of aryl methyl sites for hydroxylation is 3. The van der Waals surface area contributed by atoms with Gasteiger partial charge in [-0.1, -0.05) is 115 Å². The molecule has 1 fully saturated rings. The van der Waals surface area contributed by atoms with Crippen LogP contribution in [0.4, 0.5) is 0 Å². The summed E-state index contributed by atoms with van der Waals surface area (Å²) >= 11 is 0. The average molecular weight is 505 g/mol. The van der Waals surface area contributed by atoms with Crippen LogP contribution in [0.3, 0.4) is 0 Å². The molecular formula is C35H52O2. The van der Waals surface area contributed by atoms with E-state index in [2.05, 4.69) is 51.1 Å². The van der Waals surface area contributed by atoms with Crippen LogP contribution in [0.15, 0.2) is 36.4 Å². The molecule has 1 aliphatic rings. The molecule has 204 valence electrons. The van der Waals surface area contributed by atoms with Crippen molar-refractivity contribution < 1.29 is 9.53 Å². The van der Waals surface area contributed by atoms with Gasteiger partial charge in [-0.15, -0.1) is 0 Å². The molecule has 0 aromatic heterocycles. The molecule has 0 heterocycles. The van der Waals surface area contributed by atoms with Crippen LogP contribution in [0.2, 0.25) is 0 Å². The van der Waals surface area contributed by atoms with Crippen molar-refractivity contribution in [1.82, 2.24) is 0 Å². The molecule has 2 aromatic rings. The minimum absolute atomic E-state index is 0.113. The van der Waals surface area contributed by atoms with Crippen LogP contribution in [0.1, 0.15) is 127 Å². The molecule has 0 aliphatic heterocycles. The molecule has 0 amide bonds. The molecule has 2 aromatic carbocycles. The number of carbonyl (C=O) groups is 1. The zero-order chi connectivity index (χ0) is 26.5. The summed E-state index contributed by atoms with van der Waals surface area (Å²) < 4.78 is 5.67. The molecule has 0 unspecified atom stereocenters. The Balaban J connectivity index is 1.47. The van der Waals surface area contributed by atoms with Crippen molar-refractivity contribution in [1.29, 1.82) is 0 Å². The Labute approximate surface area is 227 Å². The molecule has 0 N–H and O–H groups in total. The van der Waals surface area contributed by atoms with Crippen molar-refractivity contribution in [2.45, 2.75) is 130 Å². The third-order valence-electron chi connectivity index (χ3n) is 8.56. The molecule has 2 nitrogen and oxygen atoms in total. The number of ether oxygens (including phenoxy) is 1. The maximum absolute atomic E-state index is 12.3. The lowest BCUT2D eigenvalue weighted by atomic mass is 9.77. The Kier molecular flexibility index (Phi) is 12.7. The molecular weight excluding hydrogens is 452 g/mol. The summed E-state index contributed by atoms with van der Waals surface area (Å²) in [7, 11) is 0. The molecule has 0 saturated heterocycles. The first-order chi connectivity index (χ1) is 18.0. The molecule has 3 rings (SSSR count). The zero-order valence-corrected chi connectivity index (χ0v) is 24.2. The van der Waals surface area contributed by atoms with E-state index in [1.54, 1.807) is 0 Å². The number of rotatable bonds is 15. The maximum atomic E-state index is 12.3. The Bertz CT molecular complexity index is 952. The zero-order valence-electron chi connectivity index (χ0n) is 24.2. The van der Waals surface area contributed by atoms with Crippen LogP contribution < -0.4 is 4.74 Å². The summed E-state index contributed by atoms with van der Waals surface area (Å²) in [5.41, 5.74) is 6.33. The first-order valence-corrected chi connectivity index (χ1v) is 15.4. The van der Waals surface area contributed by atoms with Gasteiger partial charge < -0.3 is 4.74 Å². The summed E-state index contributed by atoms with van der Waals surface area (Å²) in [5.74, 6) is 2.49. The highest BCUT2D eigenvalue weighted by Gasteiger charge is 2.21. The summed E-state index contributed by atoms with van der Waals surface area (Å²) in [5, 5.41) is 0. The Morgan fingerprint density at radius 1 is 0.730 bits per heavy atom. The second-order valence-corrected chi connectivity index (χ2v) is 11.7. The highest BCUT2D eigenvalue weighted by Crippen LogP contribution is 2.35. The quantitative estimate of drug-likeness (QED) is 0.137. The minimum Gasteiger partial charge on any atom is -0.426 e. The van der Waals surface area contributed by atoms with E-state index in [1.165, 1.54) is 106 Å². The van der Waals surface area contributed by atoms with E-state index >= 15 is 0 Å². The van der Waals surface area contributed by atoms with Gasteiger partial charge in [0.05, 0.1) is 0 Å². The standard InChI is InChI=1S/C35H52O2/c1-5-7-9-10-12-14-35(36)37-34-24-23-33(26-28(34)4)32-22-21-31(27(3)25-32)20-19-30-17-15-29(16-18-30)13-11-8-6-2/h21-26,29-30H,5-20H2,1-4H3/t29-,30-. The van der Waals surface area contributed by atoms with Crippen LogP contribution >= 0.6 is 0 Å². The molecule has 37 heavy (non-hydrogen) atoms. The van der Waals surface area contributed by atoms with Crippen LogP contribution in [-0.2, 0) is 11.2 Å². The van der Waals surface area contributed by atoms with Gasteiger partial charge in [0.2, 0.25) is 0 Å². The lowest BCUT2D eigenvalue weighted by Crippen LogP contribution is -2.15. The SMILES string of the molecule is CCCCCCCC(=O)Oc1ccc(-c2ccc(CC[C@H]3CC[C@H](CCCCC)CC3)c(C)c2)cc1C. The van der Waals surface area contributed by atoms with E-state index in [9.17, 15) is 4.79 Å². The van der Waals surface area contributed by atoms with Crippen LogP contribution in [0.5, 0.6) is 5.75 Å². The lowest BCUT2D eigenvalue weighted by Gasteiger charge is -2.28. The number of benzene rings is 2. The number of hydrogen-bond acceptors (Lipinski definition) is 2. The normalized spacial score (nSPS) is 17.6. The molecule has 0 spiro atoms. The van der Waals surface area contributed by atoms with Crippen molar-refractivity contribution in [2.75, 3.05) is 0 Å². The van der Waals surface area contributed by atoms with Crippen LogP contribution in [-0.4, -0.2) is 5.97 Å². The number of carbonyl (C=O) groups excluding carboxylic acids is 1. The van der Waals surface area contributed by atoms with E-state index in [-0.39, 0.29) is 5.97 Å². The van der Waals surface area contributed by atoms with E-state index in [0.29, 0.717) is 12.2 Å². The summed E-state index contributed by atoms with van der Waals surface area (Å²) in [6, 6.07) is 13.1. The number of hydrogen-bond donors (Lipinski definition) is 0. The second kappa shape index (κ2) is 16.0. The van der Waals surface area contributed by atoms with E-state index in [4.69, 9.17) is 4.74 Å². The van der Waals surface area contributed by atoms with Crippen molar-refractivity contribution in [3.05, 3.63) is 53.1 Å². The first kappa shape index (κ1) is 29.5. The van der Waals surface area contributed by atoms with E-state index in [1.807, 2.05) is 13.0 Å². The van der Waals surface area contributed by atoms with Gasteiger partial charge in [0, 0.05) is 6.42 Å². The lowest BCUT2D eigenvalue weighted by molar-refractivity contribution is -0.134. The van der Waals surface area contributed by atoms with Crippen LogP contribution in [0, 0.1) is 25.7 Å². The summed E-state index contributed by atoms with van der Waals surface area (Å²) in [6.45, 7) is 8.80. The highest BCUT2D eigenvalue weighted by molar-refractivity contribution is 5.74. The van der Waals surface area contributed by atoms with Gasteiger partial charge in [-0.2, -0.15) is 0 Å². The second-order valence-electron chi connectivity index (χ2n) is 11.7. The fourth-order valence-electron chi connectivity index (χ4n) is 6.00. The highest BCUT2D eigenvalue weighted by atomic mass is 16.5. The predicted molar refractivity (Wildman–Crippen MR) is 158 cm³/mol. The smallest absolute Gasteiger partial charge is 0.311 e. The third kappa shape index (κ3) is 9.95. The molecule has 0 bridgehead atoms. The maximum Gasteiger partial charge on any atom is 0.311 e. The van der Waals surface area contributed by atoms with E-state index in [0.717, 1.165) is 30.2 Å². The summed E-state index contributed by atoms with van der Waals surface area (Å²) in [6.07, 6.45) is 20.2. The van der Waals surface area contributed by atoms with Crippen molar-refractivity contribution >= 4 is 5.97 Å². The Morgan fingerprint density at radius 2 is 1.32 bits per heavy atom. The fraction of sp³-hybridized carbons (Fsp3) is 0.629. The van der Waals surface area contributed by atoms with Gasteiger partial charge in [0.1, 0.15) is 5.75 Å². The monoisotopic (exact) mass is 504 g/mol. The van der Waals surface area contributed by atoms with Gasteiger partial charge >= 0.3 is 5.97 Å². The number of esters is 1. The van der Waals surface area contributed by atoms with Crippen molar-refractivity contribution in [3.63, 3.8) is 0 Å².